The van der Waals surface area contributed by atoms with Crippen LogP contribution >= 0.6 is 0 Å². The Morgan fingerprint density at radius 2 is 1.88 bits per heavy atom. The fraction of sp³-hybridized carbons (Fsp3) is 0.345. The number of aromatic nitrogens is 5. The highest BCUT2D eigenvalue weighted by molar-refractivity contribution is 6.02. The molecule has 0 bridgehead atoms. The summed E-state index contributed by atoms with van der Waals surface area (Å²) < 4.78 is 33.6. The van der Waals surface area contributed by atoms with E-state index in [4.69, 9.17) is 9.84 Å². The van der Waals surface area contributed by atoms with E-state index in [-0.39, 0.29) is 17.4 Å². The number of anilines is 5. The fourth-order valence-corrected chi connectivity index (χ4v) is 4.17. The number of benzene rings is 1. The Hall–Kier alpha value is -4.85. The van der Waals surface area contributed by atoms with Gasteiger partial charge >= 0.3 is 0 Å². The van der Waals surface area contributed by atoms with Gasteiger partial charge in [0.25, 0.3) is 6.43 Å². The Kier molecular flexibility index (Phi) is 10.0. The minimum absolute atomic E-state index is 0.137. The molecule has 3 heterocycles. The lowest BCUT2D eigenvalue weighted by atomic mass is 10.2. The van der Waals surface area contributed by atoms with Gasteiger partial charge in [-0.3, -0.25) is 9.78 Å². The highest BCUT2D eigenvalue weighted by Crippen LogP contribution is 2.38. The van der Waals surface area contributed by atoms with Gasteiger partial charge in [-0.2, -0.15) is 4.98 Å². The van der Waals surface area contributed by atoms with E-state index in [0.29, 0.717) is 36.1 Å². The number of amides is 1. The van der Waals surface area contributed by atoms with Gasteiger partial charge in [-0.1, -0.05) is 6.58 Å². The molecule has 0 spiro atoms. The van der Waals surface area contributed by atoms with Gasteiger partial charge in [-0.05, 0) is 45.3 Å². The van der Waals surface area contributed by atoms with Crippen LogP contribution in [0.15, 0.2) is 55.4 Å². The van der Waals surface area contributed by atoms with Crippen LogP contribution < -0.4 is 25.2 Å². The number of carbonyl (C=O) groups excluding carboxylic acids is 1. The van der Waals surface area contributed by atoms with Crippen LogP contribution in [-0.2, 0) is 4.79 Å². The molecule has 0 radical (unpaired) electrons. The number of nitrogens with one attached hydrogen (secondary N) is 2. The average molecular weight is 595 g/mol. The number of ether oxygens (including phenoxy) is 1. The van der Waals surface area contributed by atoms with Crippen LogP contribution in [0.4, 0.5) is 37.6 Å². The van der Waals surface area contributed by atoms with E-state index in [1.165, 1.54) is 0 Å². The SMILES string of the molecule is C=CC(=O)Nc1cc(Nc2nccc(-n3nc(N(C)CC)c4ncccc43)n2)c(OCC(F)F)cc1N(C)CCN(C)C. The maximum absolute atomic E-state index is 13.2. The molecular weight excluding hydrogens is 558 g/mol. The maximum Gasteiger partial charge on any atom is 0.272 e. The van der Waals surface area contributed by atoms with E-state index in [9.17, 15) is 13.6 Å². The van der Waals surface area contributed by atoms with Crippen molar-refractivity contribution in [3.05, 3.63) is 55.4 Å². The van der Waals surface area contributed by atoms with Crippen molar-refractivity contribution in [2.24, 2.45) is 0 Å². The number of carbonyl (C=O) groups is 1. The Morgan fingerprint density at radius 1 is 1.09 bits per heavy atom. The van der Waals surface area contributed by atoms with Crippen molar-refractivity contribution in [1.82, 2.24) is 29.6 Å². The zero-order valence-electron chi connectivity index (χ0n) is 24.9. The molecule has 14 heteroatoms. The largest absolute Gasteiger partial charge is 0.485 e. The molecule has 12 nitrogen and oxygen atoms in total. The summed E-state index contributed by atoms with van der Waals surface area (Å²) in [7, 11) is 7.65. The third kappa shape index (κ3) is 7.52. The van der Waals surface area contributed by atoms with Crippen molar-refractivity contribution in [3.8, 4) is 11.6 Å². The molecule has 0 saturated heterocycles. The molecule has 2 N–H and O–H groups in total. The molecule has 228 valence electrons. The first kappa shape index (κ1) is 31.1. The lowest BCUT2D eigenvalue weighted by molar-refractivity contribution is -0.111. The molecular formula is C29H36F2N10O2. The normalized spacial score (nSPS) is 11.2. The fourth-order valence-electron chi connectivity index (χ4n) is 4.17. The van der Waals surface area contributed by atoms with Crippen LogP contribution in [0.25, 0.3) is 16.9 Å². The van der Waals surface area contributed by atoms with Gasteiger partial charge < -0.3 is 30.1 Å². The van der Waals surface area contributed by atoms with Gasteiger partial charge in [0, 0.05) is 58.3 Å². The standard InChI is InChI=1S/C29H36F2N10O2/c1-7-26(42)34-19-16-20(23(43-18-24(30)31)17-22(19)40(6)15-14-38(3)4)35-29-33-13-11-25(36-29)41-21-10-9-12-32-27(21)28(37-41)39(5)8-2/h7,9-13,16-17,24H,1,8,14-15,18H2,2-6H3,(H,34,42)(H,33,35,36). The Bertz CT molecular complexity index is 1580. The average Bonchev–Trinajstić information content (AvgIpc) is 3.39. The molecule has 3 aromatic heterocycles. The quantitative estimate of drug-likeness (QED) is 0.206. The number of rotatable bonds is 14. The second-order valence-corrected chi connectivity index (χ2v) is 9.97. The summed E-state index contributed by atoms with van der Waals surface area (Å²) in [6.07, 6.45) is 1.72. The van der Waals surface area contributed by atoms with E-state index < -0.39 is 18.9 Å². The number of hydrogen-bond acceptors (Lipinski definition) is 10. The van der Waals surface area contributed by atoms with E-state index in [2.05, 4.69) is 32.2 Å². The zero-order chi connectivity index (χ0) is 31.1. The molecule has 43 heavy (non-hydrogen) atoms. The van der Waals surface area contributed by atoms with E-state index in [0.717, 1.165) is 23.7 Å². The van der Waals surface area contributed by atoms with Gasteiger partial charge in [0.05, 0.1) is 22.6 Å². The lowest BCUT2D eigenvalue weighted by Gasteiger charge is -2.26. The molecule has 0 fully saturated rings. The second kappa shape index (κ2) is 13.9. The molecule has 4 rings (SSSR count). The number of alkyl halides is 2. The third-order valence-corrected chi connectivity index (χ3v) is 6.56. The first-order valence-corrected chi connectivity index (χ1v) is 13.6. The maximum atomic E-state index is 13.2. The van der Waals surface area contributed by atoms with Gasteiger partial charge in [-0.15, -0.1) is 5.10 Å². The van der Waals surface area contributed by atoms with Gasteiger partial charge in [-0.25, -0.2) is 18.4 Å². The minimum atomic E-state index is -2.69. The Labute approximate surface area is 249 Å². The molecule has 0 aliphatic carbocycles. The number of likely N-dealkylation sites (N-methyl/N-ethyl adjacent to an activating group) is 2. The molecule has 0 aliphatic heterocycles. The van der Waals surface area contributed by atoms with Crippen molar-refractivity contribution in [2.75, 3.05) is 74.9 Å². The summed E-state index contributed by atoms with van der Waals surface area (Å²) >= 11 is 0. The number of hydrogen-bond donors (Lipinski definition) is 2. The van der Waals surface area contributed by atoms with Crippen LogP contribution in [0.5, 0.6) is 5.75 Å². The van der Waals surface area contributed by atoms with Crippen LogP contribution in [0.3, 0.4) is 0 Å². The number of fused-ring (bicyclic) bond motifs is 1. The van der Waals surface area contributed by atoms with E-state index >= 15 is 0 Å². The van der Waals surface area contributed by atoms with Crippen LogP contribution in [0.2, 0.25) is 0 Å². The van der Waals surface area contributed by atoms with E-state index in [1.807, 2.05) is 61.9 Å². The summed E-state index contributed by atoms with van der Waals surface area (Å²) in [5.41, 5.74) is 2.75. The lowest BCUT2D eigenvalue weighted by Crippen LogP contribution is -2.29. The molecule has 0 unspecified atom stereocenters. The summed E-state index contributed by atoms with van der Waals surface area (Å²) in [4.78, 5) is 31.7. The Morgan fingerprint density at radius 3 is 2.58 bits per heavy atom. The highest BCUT2D eigenvalue weighted by atomic mass is 19.3. The second-order valence-electron chi connectivity index (χ2n) is 9.97. The van der Waals surface area contributed by atoms with Crippen molar-refractivity contribution in [2.45, 2.75) is 13.3 Å². The minimum Gasteiger partial charge on any atom is -0.485 e. The van der Waals surface area contributed by atoms with Crippen LogP contribution in [0, 0.1) is 0 Å². The summed E-state index contributed by atoms with van der Waals surface area (Å²) in [5, 5.41) is 10.6. The van der Waals surface area contributed by atoms with E-state index in [1.54, 1.807) is 35.3 Å². The molecule has 0 atom stereocenters. The topological polar surface area (TPSA) is 117 Å². The summed E-state index contributed by atoms with van der Waals surface area (Å²) in [6, 6.07) is 8.62. The first-order valence-electron chi connectivity index (χ1n) is 13.6. The van der Waals surface area contributed by atoms with Gasteiger partial charge in [0.2, 0.25) is 11.9 Å². The smallest absolute Gasteiger partial charge is 0.272 e. The predicted octanol–water partition coefficient (Wildman–Crippen LogP) is 4.18. The van der Waals surface area contributed by atoms with Gasteiger partial charge in [0.15, 0.2) is 11.6 Å². The molecule has 0 saturated carbocycles. The molecule has 1 aromatic carbocycles. The van der Waals surface area contributed by atoms with Crippen molar-refractivity contribution >= 4 is 45.8 Å². The van der Waals surface area contributed by atoms with Gasteiger partial charge in [0.1, 0.15) is 17.9 Å². The van der Waals surface area contributed by atoms with Crippen molar-refractivity contribution in [1.29, 1.82) is 0 Å². The molecule has 0 aliphatic rings. The first-order chi connectivity index (χ1) is 20.6. The number of nitrogens with zero attached hydrogens (tertiary/aromatic N) is 8. The van der Waals surface area contributed by atoms with Crippen molar-refractivity contribution in [3.63, 3.8) is 0 Å². The predicted molar refractivity (Wildman–Crippen MR) is 165 cm³/mol. The molecule has 4 aromatic rings. The number of halogens is 2. The number of pyridine rings is 1. The van der Waals surface area contributed by atoms with Crippen molar-refractivity contribution < 1.29 is 18.3 Å². The Balaban J connectivity index is 1.76. The zero-order valence-corrected chi connectivity index (χ0v) is 24.9. The summed E-state index contributed by atoms with van der Waals surface area (Å²) in [6.45, 7) is 6.77. The van der Waals surface area contributed by atoms with Crippen LogP contribution in [-0.4, -0.2) is 96.4 Å². The third-order valence-electron chi connectivity index (χ3n) is 6.56. The highest BCUT2D eigenvalue weighted by Gasteiger charge is 2.20. The molecule has 1 amide bonds. The summed E-state index contributed by atoms with van der Waals surface area (Å²) in [5.74, 6) is 1.02. The van der Waals surface area contributed by atoms with Crippen LogP contribution in [0.1, 0.15) is 6.92 Å². The monoisotopic (exact) mass is 594 g/mol.